The molecule has 0 radical (unpaired) electrons. The quantitative estimate of drug-likeness (QED) is 0.668. The van der Waals surface area contributed by atoms with E-state index in [9.17, 15) is 14.4 Å². The maximum absolute atomic E-state index is 12.3. The molecule has 21 heavy (non-hydrogen) atoms. The van der Waals surface area contributed by atoms with Crippen molar-refractivity contribution in [2.24, 2.45) is 11.8 Å². The molecule has 3 atom stereocenters. The first-order chi connectivity index (χ1) is 9.92. The number of esters is 1. The van der Waals surface area contributed by atoms with Gasteiger partial charge in [-0.25, -0.2) is 4.79 Å². The summed E-state index contributed by atoms with van der Waals surface area (Å²) in [7, 11) is 2.79. The van der Waals surface area contributed by atoms with Gasteiger partial charge in [0.05, 0.1) is 12.5 Å². The Morgan fingerprint density at radius 3 is 2.71 bits per heavy atom. The van der Waals surface area contributed by atoms with Crippen molar-refractivity contribution in [1.29, 1.82) is 5.26 Å². The molecule has 0 aromatic carbocycles. The maximum Gasteiger partial charge on any atom is 0.329 e. The molecule has 2 rings (SSSR count). The molecule has 0 aromatic heterocycles. The largest absolute Gasteiger partial charge is 0.466 e. The maximum atomic E-state index is 12.3. The number of allylic oxidation sites excluding steroid dienone is 1. The highest BCUT2D eigenvalue weighted by atomic mass is 16.5. The molecule has 0 aliphatic carbocycles. The number of hydrogen-bond donors (Lipinski definition) is 0. The third kappa shape index (κ3) is 2.31. The molecule has 0 spiro atoms. The van der Waals surface area contributed by atoms with Gasteiger partial charge in [0, 0.05) is 14.1 Å². The summed E-state index contributed by atoms with van der Waals surface area (Å²) in [6.45, 7) is 1.80. The predicted molar refractivity (Wildman–Crippen MR) is 68.1 cm³/mol. The summed E-state index contributed by atoms with van der Waals surface area (Å²) >= 11 is 0. The zero-order valence-electron chi connectivity index (χ0n) is 11.9. The van der Waals surface area contributed by atoms with Crippen LogP contribution in [0.2, 0.25) is 0 Å². The van der Waals surface area contributed by atoms with Gasteiger partial charge in [-0.1, -0.05) is 0 Å². The summed E-state index contributed by atoms with van der Waals surface area (Å²) in [5, 5.41) is 8.99. The van der Waals surface area contributed by atoms with Crippen molar-refractivity contribution in [3.05, 3.63) is 11.8 Å². The average molecular weight is 293 g/mol. The number of nitriles is 1. The minimum Gasteiger partial charge on any atom is -0.466 e. The Hall–Kier alpha value is -2.56. The third-order valence-electron chi connectivity index (χ3n) is 3.53. The number of ether oxygens (including phenoxy) is 2. The number of amides is 3. The first kappa shape index (κ1) is 14.8. The van der Waals surface area contributed by atoms with E-state index in [1.807, 2.05) is 0 Å². The Balaban J connectivity index is 2.44. The van der Waals surface area contributed by atoms with E-state index in [2.05, 4.69) is 0 Å². The molecule has 3 amide bonds. The lowest BCUT2D eigenvalue weighted by atomic mass is 9.85. The van der Waals surface area contributed by atoms with E-state index in [1.54, 1.807) is 13.0 Å². The SMILES string of the molecule is CCOC(=O)[C@@H]1C=C(C#N)O[C@@H]2[C@H]1C(=O)N(C)C(=O)N2C. The standard InChI is InChI=1S/C13H15N3O5/c1-4-20-12(18)8-5-7(6-14)21-11-9(8)10(17)15(2)13(19)16(11)3/h5,8-9,11H,4H2,1-3H3/t8-,9-,11-/m1/s1. The number of carbonyl (C=O) groups excluding carboxylic acids is 3. The fourth-order valence-corrected chi connectivity index (χ4v) is 2.46. The Bertz CT molecular complexity index is 565. The molecule has 8 nitrogen and oxygen atoms in total. The van der Waals surface area contributed by atoms with Crippen LogP contribution in [0.1, 0.15) is 6.92 Å². The van der Waals surface area contributed by atoms with Gasteiger partial charge < -0.3 is 9.47 Å². The number of hydrogen-bond acceptors (Lipinski definition) is 6. The zero-order valence-corrected chi connectivity index (χ0v) is 11.9. The van der Waals surface area contributed by atoms with Gasteiger partial charge in [0.1, 0.15) is 12.0 Å². The highest BCUT2D eigenvalue weighted by molar-refractivity contribution is 6.00. The molecule has 2 aliphatic heterocycles. The van der Waals surface area contributed by atoms with Gasteiger partial charge in [0.25, 0.3) is 0 Å². The number of urea groups is 1. The third-order valence-corrected chi connectivity index (χ3v) is 3.53. The van der Waals surface area contributed by atoms with Crippen molar-refractivity contribution in [3.8, 4) is 6.07 Å². The fraction of sp³-hybridized carbons (Fsp3) is 0.538. The first-order valence-corrected chi connectivity index (χ1v) is 6.42. The van der Waals surface area contributed by atoms with Crippen LogP contribution in [0.3, 0.4) is 0 Å². The summed E-state index contributed by atoms with van der Waals surface area (Å²) < 4.78 is 10.3. The van der Waals surface area contributed by atoms with Crippen molar-refractivity contribution in [1.82, 2.24) is 9.80 Å². The van der Waals surface area contributed by atoms with Crippen molar-refractivity contribution in [2.45, 2.75) is 13.2 Å². The summed E-state index contributed by atoms with van der Waals surface area (Å²) in [4.78, 5) is 38.4. The molecule has 0 N–H and O–H groups in total. The molecular formula is C13H15N3O5. The van der Waals surface area contributed by atoms with Crippen LogP contribution in [0.15, 0.2) is 11.8 Å². The molecule has 0 unspecified atom stereocenters. The molecule has 0 saturated carbocycles. The number of rotatable bonds is 2. The lowest BCUT2D eigenvalue weighted by Gasteiger charge is -2.44. The van der Waals surface area contributed by atoms with Crippen LogP contribution in [0.5, 0.6) is 0 Å². The Kier molecular flexibility index (Phi) is 3.84. The van der Waals surface area contributed by atoms with Gasteiger partial charge in [-0.3, -0.25) is 19.4 Å². The first-order valence-electron chi connectivity index (χ1n) is 6.42. The van der Waals surface area contributed by atoms with Crippen molar-refractivity contribution in [2.75, 3.05) is 20.7 Å². The van der Waals surface area contributed by atoms with Gasteiger partial charge >= 0.3 is 12.0 Å². The van der Waals surface area contributed by atoms with Gasteiger partial charge in [0.15, 0.2) is 12.0 Å². The molecular weight excluding hydrogens is 278 g/mol. The van der Waals surface area contributed by atoms with E-state index >= 15 is 0 Å². The Labute approximate surface area is 121 Å². The smallest absolute Gasteiger partial charge is 0.329 e. The van der Waals surface area contributed by atoms with E-state index in [1.165, 1.54) is 25.1 Å². The van der Waals surface area contributed by atoms with E-state index < -0.39 is 36.0 Å². The molecule has 112 valence electrons. The average Bonchev–Trinajstić information content (AvgIpc) is 2.49. The second-order valence-electron chi connectivity index (χ2n) is 4.75. The summed E-state index contributed by atoms with van der Waals surface area (Å²) in [5.74, 6) is -3.13. The molecule has 2 aliphatic rings. The minimum atomic E-state index is -0.991. The normalized spacial score (nSPS) is 28.3. The Morgan fingerprint density at radius 1 is 1.48 bits per heavy atom. The summed E-state index contributed by atoms with van der Waals surface area (Å²) in [6.07, 6.45) is 0.282. The fourth-order valence-electron chi connectivity index (χ4n) is 2.46. The van der Waals surface area contributed by atoms with Gasteiger partial charge in [-0.2, -0.15) is 5.26 Å². The highest BCUT2D eigenvalue weighted by Crippen LogP contribution is 2.35. The lowest BCUT2D eigenvalue weighted by Crippen LogP contribution is -2.63. The molecule has 1 fully saturated rings. The monoisotopic (exact) mass is 293 g/mol. The molecule has 8 heteroatoms. The number of imide groups is 1. The summed E-state index contributed by atoms with van der Waals surface area (Å²) in [5.41, 5.74) is 0. The molecule has 1 saturated heterocycles. The van der Waals surface area contributed by atoms with Crippen molar-refractivity contribution < 1.29 is 23.9 Å². The van der Waals surface area contributed by atoms with Crippen LogP contribution in [0, 0.1) is 23.2 Å². The number of fused-ring (bicyclic) bond motifs is 1. The zero-order chi connectivity index (χ0) is 15.7. The van der Waals surface area contributed by atoms with E-state index in [-0.39, 0.29) is 12.4 Å². The van der Waals surface area contributed by atoms with Crippen LogP contribution in [-0.2, 0) is 19.1 Å². The lowest BCUT2D eigenvalue weighted by molar-refractivity contribution is -0.166. The van der Waals surface area contributed by atoms with E-state index in [0.717, 1.165) is 4.90 Å². The van der Waals surface area contributed by atoms with Gasteiger partial charge in [0.2, 0.25) is 5.91 Å². The van der Waals surface area contributed by atoms with Crippen LogP contribution >= 0.6 is 0 Å². The number of carbonyl (C=O) groups is 3. The van der Waals surface area contributed by atoms with Crippen LogP contribution in [-0.4, -0.2) is 54.6 Å². The van der Waals surface area contributed by atoms with Gasteiger partial charge in [-0.15, -0.1) is 0 Å². The van der Waals surface area contributed by atoms with Gasteiger partial charge in [-0.05, 0) is 13.0 Å². The van der Waals surface area contributed by atoms with Crippen molar-refractivity contribution in [3.63, 3.8) is 0 Å². The molecule has 0 bridgehead atoms. The topological polar surface area (TPSA) is 99.9 Å². The van der Waals surface area contributed by atoms with Crippen molar-refractivity contribution >= 4 is 17.9 Å². The Morgan fingerprint density at radius 2 is 2.14 bits per heavy atom. The molecule has 0 aromatic rings. The van der Waals surface area contributed by atoms with Crippen LogP contribution in [0.25, 0.3) is 0 Å². The second-order valence-corrected chi connectivity index (χ2v) is 4.75. The highest BCUT2D eigenvalue weighted by Gasteiger charge is 2.52. The predicted octanol–water partition coefficient (Wildman–Crippen LogP) is 0.0695. The summed E-state index contributed by atoms with van der Waals surface area (Å²) in [6, 6.07) is 1.24. The number of nitrogens with zero attached hydrogens (tertiary/aromatic N) is 3. The van der Waals surface area contributed by atoms with Crippen LogP contribution < -0.4 is 0 Å². The second kappa shape index (κ2) is 5.44. The van der Waals surface area contributed by atoms with E-state index in [0.29, 0.717) is 0 Å². The molecule has 2 heterocycles. The minimum absolute atomic E-state index is 0.105. The van der Waals surface area contributed by atoms with E-state index in [4.69, 9.17) is 14.7 Å². The van der Waals surface area contributed by atoms with Crippen LogP contribution in [0.4, 0.5) is 4.79 Å².